The van der Waals surface area contributed by atoms with Gasteiger partial charge in [0.2, 0.25) is 10.0 Å². The van der Waals surface area contributed by atoms with E-state index in [-0.39, 0.29) is 27.3 Å². The number of sulfonamides is 1. The van der Waals surface area contributed by atoms with Gasteiger partial charge in [0.15, 0.2) is 10.4 Å². The summed E-state index contributed by atoms with van der Waals surface area (Å²) in [6.07, 6.45) is 0. The van der Waals surface area contributed by atoms with Gasteiger partial charge in [-0.05, 0) is 28.8 Å². The van der Waals surface area contributed by atoms with Crippen molar-refractivity contribution in [3.8, 4) is 0 Å². The Labute approximate surface area is 114 Å². The van der Waals surface area contributed by atoms with Crippen molar-refractivity contribution in [2.24, 2.45) is 11.1 Å². The van der Waals surface area contributed by atoms with E-state index in [1.54, 1.807) is 0 Å². The highest BCUT2D eigenvalue weighted by Gasteiger charge is 2.23. The fraction of sp³-hybridized carbons (Fsp3) is 0.500. The first kappa shape index (κ1) is 15.2. The lowest BCUT2D eigenvalue weighted by Gasteiger charge is -2.16. The number of rotatable bonds is 4. The normalized spacial score (nSPS) is 13.7. The molecule has 1 aromatic rings. The number of furan rings is 1. The van der Waals surface area contributed by atoms with E-state index < -0.39 is 15.9 Å². The molecule has 0 aliphatic heterocycles. The summed E-state index contributed by atoms with van der Waals surface area (Å²) in [7, 11) is -3.91. The van der Waals surface area contributed by atoms with Crippen LogP contribution in [0.1, 0.15) is 31.3 Å². The van der Waals surface area contributed by atoms with Gasteiger partial charge in [-0.1, -0.05) is 13.8 Å². The molecule has 0 aliphatic rings. The van der Waals surface area contributed by atoms with Crippen LogP contribution in [0.2, 0.25) is 0 Å². The van der Waals surface area contributed by atoms with Crippen molar-refractivity contribution in [2.75, 3.05) is 0 Å². The van der Waals surface area contributed by atoms with Crippen LogP contribution >= 0.6 is 15.9 Å². The number of hydrogen-bond donors (Lipinski definition) is 2. The van der Waals surface area contributed by atoms with E-state index in [0.717, 1.165) is 6.07 Å². The molecule has 1 atom stereocenters. The smallest absolute Gasteiger partial charge is 0.287 e. The Morgan fingerprint density at radius 2 is 2.00 bits per heavy atom. The summed E-state index contributed by atoms with van der Waals surface area (Å²) in [4.78, 5) is 11.5. The number of carbonyl (C=O) groups excluding carboxylic acids is 1. The maximum Gasteiger partial charge on any atom is 0.287 e. The third-order valence-corrected chi connectivity index (χ3v) is 4.31. The third kappa shape index (κ3) is 3.56. The molecule has 1 heterocycles. The van der Waals surface area contributed by atoms with Crippen molar-refractivity contribution in [2.45, 2.75) is 31.7 Å². The number of carbonyl (C=O) groups is 1. The van der Waals surface area contributed by atoms with Crippen molar-refractivity contribution >= 4 is 31.9 Å². The molecule has 0 spiro atoms. The molecule has 8 heteroatoms. The fourth-order valence-corrected chi connectivity index (χ4v) is 2.60. The van der Waals surface area contributed by atoms with Gasteiger partial charge in [-0.25, -0.2) is 13.6 Å². The van der Waals surface area contributed by atoms with E-state index in [2.05, 4.69) is 21.2 Å². The van der Waals surface area contributed by atoms with Gasteiger partial charge in [0.05, 0.1) is 0 Å². The Balaban J connectivity index is 2.96. The monoisotopic (exact) mass is 338 g/mol. The summed E-state index contributed by atoms with van der Waals surface area (Å²) in [5.74, 6) is -0.324. The zero-order valence-electron chi connectivity index (χ0n) is 10.2. The largest absolute Gasteiger partial charge is 0.443 e. The fourth-order valence-electron chi connectivity index (χ4n) is 1.10. The minimum atomic E-state index is -3.91. The molecule has 0 fully saturated rings. The highest BCUT2D eigenvalue weighted by molar-refractivity contribution is 9.10. The Morgan fingerprint density at radius 1 is 1.44 bits per heavy atom. The average Bonchev–Trinajstić information content (AvgIpc) is 2.59. The second-order valence-electron chi connectivity index (χ2n) is 4.30. The lowest BCUT2D eigenvalue weighted by atomic mass is 10.1. The van der Waals surface area contributed by atoms with E-state index in [4.69, 9.17) is 9.56 Å². The van der Waals surface area contributed by atoms with Crippen LogP contribution in [-0.2, 0) is 10.0 Å². The number of amides is 1. The van der Waals surface area contributed by atoms with E-state index in [0.29, 0.717) is 0 Å². The van der Waals surface area contributed by atoms with Crippen LogP contribution in [0.15, 0.2) is 20.0 Å². The van der Waals surface area contributed by atoms with Crippen LogP contribution in [0.25, 0.3) is 0 Å². The van der Waals surface area contributed by atoms with E-state index in [9.17, 15) is 13.2 Å². The second kappa shape index (κ2) is 5.41. The number of hydrogen-bond acceptors (Lipinski definition) is 4. The summed E-state index contributed by atoms with van der Waals surface area (Å²) in [6.45, 7) is 5.76. The first-order valence-corrected chi connectivity index (χ1v) is 7.60. The van der Waals surface area contributed by atoms with E-state index in [1.165, 1.54) is 0 Å². The van der Waals surface area contributed by atoms with E-state index in [1.807, 2.05) is 20.8 Å². The van der Waals surface area contributed by atoms with Gasteiger partial charge < -0.3 is 9.73 Å². The predicted octanol–water partition coefficient (Wildman–Crippen LogP) is 1.46. The molecule has 3 N–H and O–H groups in total. The maximum atomic E-state index is 11.8. The molecular formula is C10H15BrN2O4S. The maximum absolute atomic E-state index is 11.8. The average molecular weight is 339 g/mol. The van der Waals surface area contributed by atoms with E-state index >= 15 is 0 Å². The molecule has 0 saturated carbocycles. The quantitative estimate of drug-likeness (QED) is 0.867. The molecule has 0 saturated heterocycles. The SMILES string of the molecule is CC(C)C(C)NC(=O)c1cc(S(N)(=O)=O)c(Br)o1. The minimum Gasteiger partial charge on any atom is -0.443 e. The Hall–Kier alpha value is -0.860. The van der Waals surface area contributed by atoms with Crippen molar-refractivity contribution < 1.29 is 17.6 Å². The first-order chi connectivity index (χ1) is 8.12. The number of nitrogens with one attached hydrogen (secondary N) is 1. The lowest BCUT2D eigenvalue weighted by Crippen LogP contribution is -2.35. The standard InChI is InChI=1S/C10H15BrN2O4S/c1-5(2)6(3)13-10(14)7-4-8(9(11)17-7)18(12,15)16/h4-6H,1-3H3,(H,13,14)(H2,12,15,16). The van der Waals surface area contributed by atoms with Crippen molar-refractivity contribution in [3.63, 3.8) is 0 Å². The topological polar surface area (TPSA) is 102 Å². The molecule has 6 nitrogen and oxygen atoms in total. The first-order valence-electron chi connectivity index (χ1n) is 5.26. The van der Waals surface area contributed by atoms with Crippen LogP contribution in [0.5, 0.6) is 0 Å². The molecule has 18 heavy (non-hydrogen) atoms. The Morgan fingerprint density at radius 3 is 2.39 bits per heavy atom. The summed E-state index contributed by atoms with van der Waals surface area (Å²) in [5, 5.41) is 7.67. The highest BCUT2D eigenvalue weighted by atomic mass is 79.9. The van der Waals surface area contributed by atoms with Crippen LogP contribution in [0, 0.1) is 5.92 Å². The molecule has 1 rings (SSSR count). The van der Waals surface area contributed by atoms with Gasteiger partial charge in [-0.15, -0.1) is 0 Å². The number of nitrogens with two attached hydrogens (primary N) is 1. The third-order valence-electron chi connectivity index (χ3n) is 2.54. The van der Waals surface area contributed by atoms with Gasteiger partial charge in [-0.2, -0.15) is 0 Å². The predicted molar refractivity (Wildman–Crippen MR) is 69.5 cm³/mol. The second-order valence-corrected chi connectivity index (χ2v) is 6.55. The van der Waals surface area contributed by atoms with Crippen molar-refractivity contribution in [1.82, 2.24) is 5.32 Å². The highest BCUT2D eigenvalue weighted by Crippen LogP contribution is 2.25. The van der Waals surface area contributed by atoms with Gasteiger partial charge in [0, 0.05) is 12.1 Å². The van der Waals surface area contributed by atoms with Gasteiger partial charge >= 0.3 is 0 Å². The van der Waals surface area contributed by atoms with Crippen LogP contribution in [-0.4, -0.2) is 20.4 Å². The summed E-state index contributed by atoms with van der Waals surface area (Å²) in [5.41, 5.74) is 0. The van der Waals surface area contributed by atoms with Crippen LogP contribution in [0.3, 0.4) is 0 Å². The van der Waals surface area contributed by atoms with Gasteiger partial charge in [0.1, 0.15) is 4.90 Å². The number of halogens is 1. The molecule has 0 radical (unpaired) electrons. The van der Waals surface area contributed by atoms with Gasteiger partial charge in [0.25, 0.3) is 5.91 Å². The zero-order valence-corrected chi connectivity index (χ0v) is 12.6. The minimum absolute atomic E-state index is 0.0562. The summed E-state index contributed by atoms with van der Waals surface area (Å²) >= 11 is 2.91. The molecule has 1 unspecified atom stereocenters. The molecule has 0 aromatic carbocycles. The number of primary sulfonamides is 1. The molecule has 1 aromatic heterocycles. The zero-order chi connectivity index (χ0) is 14.1. The van der Waals surface area contributed by atoms with Crippen LogP contribution in [0.4, 0.5) is 0 Å². The molecule has 1 amide bonds. The van der Waals surface area contributed by atoms with Crippen molar-refractivity contribution in [3.05, 3.63) is 16.5 Å². The van der Waals surface area contributed by atoms with Crippen molar-refractivity contribution in [1.29, 1.82) is 0 Å². The lowest BCUT2D eigenvalue weighted by molar-refractivity contribution is 0.0901. The Kier molecular flexibility index (Phi) is 4.57. The molecule has 0 bridgehead atoms. The Bertz CT molecular complexity index is 550. The van der Waals surface area contributed by atoms with Crippen LogP contribution < -0.4 is 10.5 Å². The molecule has 102 valence electrons. The van der Waals surface area contributed by atoms with Gasteiger partial charge in [-0.3, -0.25) is 4.79 Å². The molecular weight excluding hydrogens is 324 g/mol. The molecule has 0 aliphatic carbocycles. The summed E-state index contributed by atoms with van der Waals surface area (Å²) < 4.78 is 27.3. The summed E-state index contributed by atoms with van der Waals surface area (Å²) in [6, 6.07) is 1.04.